The number of anilines is 1. The van der Waals surface area contributed by atoms with E-state index >= 15 is 0 Å². The molecular formula is C25H18BrCl2IN2O3. The Morgan fingerprint density at radius 1 is 1.09 bits per heavy atom. The quantitative estimate of drug-likeness (QED) is 0.150. The van der Waals surface area contributed by atoms with E-state index in [4.69, 9.17) is 32.7 Å². The molecule has 1 amide bonds. The highest BCUT2D eigenvalue weighted by Crippen LogP contribution is 2.35. The zero-order chi connectivity index (χ0) is 24.7. The summed E-state index contributed by atoms with van der Waals surface area (Å²) >= 11 is 17.7. The number of carbonyl (C=O) groups excluding carboxylic acids is 1. The Morgan fingerprint density at radius 2 is 1.79 bits per heavy atom. The van der Waals surface area contributed by atoms with E-state index < -0.39 is 5.91 Å². The summed E-state index contributed by atoms with van der Waals surface area (Å²) in [6, 6.07) is 18.1. The van der Waals surface area contributed by atoms with E-state index in [9.17, 15) is 10.1 Å². The number of nitrogens with one attached hydrogen (secondary N) is 1. The molecule has 34 heavy (non-hydrogen) atoms. The highest BCUT2D eigenvalue weighted by molar-refractivity contribution is 14.1. The van der Waals surface area contributed by atoms with Crippen molar-refractivity contribution >= 4 is 79.4 Å². The van der Waals surface area contributed by atoms with Crippen molar-refractivity contribution in [1.29, 1.82) is 5.26 Å². The van der Waals surface area contributed by atoms with Crippen LogP contribution in [0.15, 0.2) is 64.6 Å². The van der Waals surface area contributed by atoms with Gasteiger partial charge in [-0.05, 0) is 89.2 Å². The van der Waals surface area contributed by atoms with E-state index in [1.807, 2.05) is 37.3 Å². The molecule has 0 saturated heterocycles. The molecule has 9 heteroatoms. The van der Waals surface area contributed by atoms with Gasteiger partial charge in [-0.2, -0.15) is 5.26 Å². The molecule has 0 heterocycles. The number of ether oxygens (including phenoxy) is 2. The summed E-state index contributed by atoms with van der Waals surface area (Å²) in [6.07, 6.45) is 1.47. The average molecular weight is 672 g/mol. The van der Waals surface area contributed by atoms with Gasteiger partial charge in [0.05, 0.1) is 16.7 Å². The number of hydrogen-bond acceptors (Lipinski definition) is 4. The Bertz CT molecular complexity index is 1270. The molecule has 0 fully saturated rings. The molecule has 1 N–H and O–H groups in total. The smallest absolute Gasteiger partial charge is 0.266 e. The number of nitrogens with zero attached hydrogens (tertiary/aromatic N) is 1. The highest BCUT2D eigenvalue weighted by Gasteiger charge is 2.15. The molecular weight excluding hydrogens is 654 g/mol. The van der Waals surface area contributed by atoms with Gasteiger partial charge in [0.15, 0.2) is 11.5 Å². The number of nitriles is 1. The van der Waals surface area contributed by atoms with Crippen LogP contribution in [0.25, 0.3) is 6.08 Å². The van der Waals surface area contributed by atoms with Gasteiger partial charge in [0.2, 0.25) is 0 Å². The summed E-state index contributed by atoms with van der Waals surface area (Å²) in [5.74, 6) is 0.470. The molecule has 0 unspecified atom stereocenters. The Kier molecular flexibility index (Phi) is 9.65. The Hall–Kier alpha value is -2.25. The van der Waals surface area contributed by atoms with Gasteiger partial charge in [-0.25, -0.2) is 0 Å². The third kappa shape index (κ3) is 7.12. The van der Waals surface area contributed by atoms with Crippen LogP contribution in [0.5, 0.6) is 11.5 Å². The molecule has 0 saturated carbocycles. The summed E-state index contributed by atoms with van der Waals surface area (Å²) in [5, 5.41) is 12.9. The second kappa shape index (κ2) is 12.5. The number of amides is 1. The average Bonchev–Trinajstić information content (AvgIpc) is 2.81. The van der Waals surface area contributed by atoms with Gasteiger partial charge in [0, 0.05) is 13.7 Å². The lowest BCUT2D eigenvalue weighted by molar-refractivity contribution is -0.112. The molecule has 3 aromatic rings. The lowest BCUT2D eigenvalue weighted by Gasteiger charge is -2.14. The van der Waals surface area contributed by atoms with Crippen LogP contribution in [-0.4, -0.2) is 12.5 Å². The molecule has 0 aromatic heterocycles. The fourth-order valence-electron chi connectivity index (χ4n) is 2.86. The van der Waals surface area contributed by atoms with Gasteiger partial charge in [0.25, 0.3) is 5.91 Å². The summed E-state index contributed by atoms with van der Waals surface area (Å²) in [5.41, 5.74) is 1.94. The first-order valence-corrected chi connectivity index (χ1v) is 12.6. The topological polar surface area (TPSA) is 71.3 Å². The molecule has 174 valence electrons. The van der Waals surface area contributed by atoms with Crippen LogP contribution < -0.4 is 14.8 Å². The maximum atomic E-state index is 12.7. The number of rotatable bonds is 8. The zero-order valence-electron chi connectivity index (χ0n) is 17.9. The molecule has 0 aliphatic heterocycles. The number of halogens is 4. The zero-order valence-corrected chi connectivity index (χ0v) is 23.1. The SMILES string of the molecule is CCOc1cc(/C=C(\C#N)C(=O)Nc2ccc(Cl)c(Cl)c2)c(Br)cc1OCc1ccc(I)cc1. The summed E-state index contributed by atoms with van der Waals surface area (Å²) in [6.45, 7) is 2.66. The van der Waals surface area contributed by atoms with Gasteiger partial charge in [0.1, 0.15) is 18.2 Å². The molecule has 3 rings (SSSR count). The Balaban J connectivity index is 1.84. The molecule has 0 atom stereocenters. The molecule has 0 aliphatic rings. The third-order valence-electron chi connectivity index (χ3n) is 4.51. The second-order valence-corrected chi connectivity index (χ2v) is 9.84. The van der Waals surface area contributed by atoms with Crippen LogP contribution in [0.4, 0.5) is 5.69 Å². The number of benzene rings is 3. The first-order valence-electron chi connectivity index (χ1n) is 10.0. The predicted molar refractivity (Wildman–Crippen MR) is 147 cm³/mol. The normalized spacial score (nSPS) is 11.0. The minimum atomic E-state index is -0.579. The molecule has 0 aliphatic carbocycles. The second-order valence-electron chi connectivity index (χ2n) is 6.92. The highest BCUT2D eigenvalue weighted by atomic mass is 127. The van der Waals surface area contributed by atoms with Gasteiger partial charge in [-0.15, -0.1) is 0 Å². The fourth-order valence-corrected chi connectivity index (χ4v) is 3.96. The van der Waals surface area contributed by atoms with Crippen molar-refractivity contribution in [3.8, 4) is 17.6 Å². The summed E-state index contributed by atoms with van der Waals surface area (Å²) in [7, 11) is 0. The molecule has 5 nitrogen and oxygen atoms in total. The molecule has 0 spiro atoms. The first kappa shape index (κ1) is 26.4. The predicted octanol–water partition coefficient (Wildman–Crippen LogP) is 7.88. The van der Waals surface area contributed by atoms with E-state index in [0.29, 0.717) is 50.5 Å². The molecule has 0 radical (unpaired) electrons. The summed E-state index contributed by atoms with van der Waals surface area (Å²) in [4.78, 5) is 12.7. The van der Waals surface area contributed by atoms with Crippen molar-refractivity contribution in [2.75, 3.05) is 11.9 Å². The van der Waals surface area contributed by atoms with E-state index in [0.717, 1.165) is 9.13 Å². The maximum Gasteiger partial charge on any atom is 0.266 e. The fraction of sp³-hybridized carbons (Fsp3) is 0.120. The maximum absolute atomic E-state index is 12.7. The van der Waals surface area contributed by atoms with Crippen molar-refractivity contribution in [3.63, 3.8) is 0 Å². The third-order valence-corrected chi connectivity index (χ3v) is 6.66. The van der Waals surface area contributed by atoms with Crippen LogP contribution in [-0.2, 0) is 11.4 Å². The van der Waals surface area contributed by atoms with Crippen molar-refractivity contribution in [2.24, 2.45) is 0 Å². The van der Waals surface area contributed by atoms with E-state index in [2.05, 4.69) is 43.8 Å². The standard InChI is InChI=1S/C25H18BrCl2IN2O3/c1-2-33-23-10-16(20(26)12-24(23)34-14-15-3-5-18(29)6-4-15)9-17(13-30)25(32)31-19-7-8-21(27)22(28)11-19/h3-12H,2,14H2,1H3,(H,31,32)/b17-9+. The van der Waals surface area contributed by atoms with Crippen molar-refractivity contribution in [3.05, 3.63) is 89.4 Å². The van der Waals surface area contributed by atoms with E-state index in [-0.39, 0.29) is 5.57 Å². The van der Waals surface area contributed by atoms with Gasteiger partial charge < -0.3 is 14.8 Å². The van der Waals surface area contributed by atoms with Gasteiger partial charge in [-0.3, -0.25) is 4.79 Å². The Morgan fingerprint density at radius 3 is 2.44 bits per heavy atom. The lowest BCUT2D eigenvalue weighted by Crippen LogP contribution is -2.13. The Labute approximate surface area is 229 Å². The monoisotopic (exact) mass is 670 g/mol. The van der Waals surface area contributed by atoms with Crippen molar-refractivity contribution in [1.82, 2.24) is 0 Å². The van der Waals surface area contributed by atoms with E-state index in [1.165, 1.54) is 12.1 Å². The van der Waals surface area contributed by atoms with Crippen molar-refractivity contribution < 1.29 is 14.3 Å². The largest absolute Gasteiger partial charge is 0.490 e. The minimum absolute atomic E-state index is 0.0956. The van der Waals surface area contributed by atoms with Crippen LogP contribution in [0.2, 0.25) is 10.0 Å². The van der Waals surface area contributed by atoms with Crippen LogP contribution in [0.3, 0.4) is 0 Å². The molecule has 0 bridgehead atoms. The first-order chi connectivity index (χ1) is 16.3. The number of hydrogen-bond donors (Lipinski definition) is 1. The molecule has 3 aromatic carbocycles. The van der Waals surface area contributed by atoms with Crippen molar-refractivity contribution in [2.45, 2.75) is 13.5 Å². The van der Waals surface area contributed by atoms with Crippen LogP contribution in [0.1, 0.15) is 18.1 Å². The summed E-state index contributed by atoms with van der Waals surface area (Å²) < 4.78 is 13.5. The van der Waals surface area contributed by atoms with Crippen LogP contribution >= 0.6 is 61.7 Å². The van der Waals surface area contributed by atoms with Gasteiger partial charge >= 0.3 is 0 Å². The minimum Gasteiger partial charge on any atom is -0.490 e. The van der Waals surface area contributed by atoms with Crippen LogP contribution in [0, 0.1) is 14.9 Å². The lowest BCUT2D eigenvalue weighted by atomic mass is 10.1. The van der Waals surface area contributed by atoms with E-state index in [1.54, 1.807) is 24.3 Å². The number of carbonyl (C=O) groups is 1. The van der Waals surface area contributed by atoms with Gasteiger partial charge in [-0.1, -0.05) is 51.3 Å².